The number of para-hydroxylation sites is 1. The zero-order chi connectivity index (χ0) is 14.8. The summed E-state index contributed by atoms with van der Waals surface area (Å²) in [6, 6.07) is 7.23. The fourth-order valence-electron chi connectivity index (χ4n) is 2.94. The van der Waals surface area contributed by atoms with Crippen LogP contribution in [0, 0.1) is 5.92 Å². The lowest BCUT2D eigenvalue weighted by molar-refractivity contribution is -0.134. The van der Waals surface area contributed by atoms with Crippen molar-refractivity contribution in [2.24, 2.45) is 5.92 Å². The summed E-state index contributed by atoms with van der Waals surface area (Å²) in [5.41, 5.74) is 1.23. The van der Waals surface area contributed by atoms with Crippen molar-refractivity contribution >= 4 is 17.5 Å². The van der Waals surface area contributed by atoms with Gasteiger partial charge in [0, 0.05) is 19.7 Å². The van der Waals surface area contributed by atoms with Gasteiger partial charge in [0.25, 0.3) is 11.8 Å². The van der Waals surface area contributed by atoms with Crippen LogP contribution in [0.4, 0.5) is 5.69 Å². The van der Waals surface area contributed by atoms with Crippen molar-refractivity contribution in [3.8, 4) is 0 Å². The number of ether oxygens (including phenoxy) is 1. The van der Waals surface area contributed by atoms with E-state index in [9.17, 15) is 9.59 Å². The first kappa shape index (κ1) is 14.1. The molecule has 1 saturated heterocycles. The van der Waals surface area contributed by atoms with Gasteiger partial charge in [0.05, 0.1) is 11.3 Å². The highest BCUT2D eigenvalue weighted by Crippen LogP contribution is 2.26. The van der Waals surface area contributed by atoms with Crippen LogP contribution in [-0.4, -0.2) is 37.6 Å². The Morgan fingerprint density at radius 1 is 1.38 bits per heavy atom. The number of fused-ring (bicyclic) bond motifs is 1. The van der Waals surface area contributed by atoms with Crippen molar-refractivity contribution in [1.82, 2.24) is 5.32 Å². The molecule has 0 saturated carbocycles. The van der Waals surface area contributed by atoms with Crippen LogP contribution >= 0.6 is 0 Å². The van der Waals surface area contributed by atoms with Crippen LogP contribution in [-0.2, 0) is 9.53 Å². The molecule has 1 aromatic rings. The molecule has 2 atom stereocenters. The van der Waals surface area contributed by atoms with Crippen molar-refractivity contribution in [2.75, 3.05) is 24.6 Å². The van der Waals surface area contributed by atoms with Crippen LogP contribution in [0.3, 0.4) is 0 Å². The van der Waals surface area contributed by atoms with Crippen molar-refractivity contribution in [1.29, 1.82) is 0 Å². The zero-order valence-corrected chi connectivity index (χ0v) is 12.2. The number of carbonyl (C=O) groups is 2. The molecule has 1 fully saturated rings. The summed E-state index contributed by atoms with van der Waals surface area (Å²) in [5.74, 6) is 0.332. The van der Waals surface area contributed by atoms with E-state index in [-0.39, 0.29) is 11.8 Å². The Kier molecular flexibility index (Phi) is 3.92. The van der Waals surface area contributed by atoms with Crippen LogP contribution in [0.25, 0.3) is 0 Å². The summed E-state index contributed by atoms with van der Waals surface area (Å²) in [6.45, 7) is 3.71. The molecule has 2 amide bonds. The van der Waals surface area contributed by atoms with Gasteiger partial charge in [-0.25, -0.2) is 0 Å². The van der Waals surface area contributed by atoms with Gasteiger partial charge in [0.2, 0.25) is 0 Å². The van der Waals surface area contributed by atoms with Gasteiger partial charge in [-0.2, -0.15) is 0 Å². The molecule has 0 aliphatic carbocycles. The summed E-state index contributed by atoms with van der Waals surface area (Å²) < 4.78 is 5.65. The number of rotatable bonds is 1. The zero-order valence-electron chi connectivity index (χ0n) is 12.2. The van der Waals surface area contributed by atoms with E-state index in [4.69, 9.17) is 4.74 Å². The first-order valence-electron chi connectivity index (χ1n) is 7.47. The van der Waals surface area contributed by atoms with Crippen LogP contribution < -0.4 is 10.2 Å². The molecular formula is C16H20N2O3. The van der Waals surface area contributed by atoms with Crippen molar-refractivity contribution in [3.05, 3.63) is 29.8 Å². The normalized spacial score (nSPS) is 25.8. The Labute approximate surface area is 124 Å². The largest absolute Gasteiger partial charge is 0.368 e. The Hall–Kier alpha value is -1.88. The molecule has 0 bridgehead atoms. The van der Waals surface area contributed by atoms with Gasteiger partial charge in [-0.1, -0.05) is 19.1 Å². The minimum atomic E-state index is -0.394. The van der Waals surface area contributed by atoms with E-state index in [1.54, 1.807) is 11.0 Å². The predicted molar refractivity (Wildman–Crippen MR) is 79.3 cm³/mol. The van der Waals surface area contributed by atoms with E-state index in [1.165, 1.54) is 0 Å². The number of benzene rings is 1. The van der Waals surface area contributed by atoms with E-state index >= 15 is 0 Å². The summed E-state index contributed by atoms with van der Waals surface area (Å²) in [6.07, 6.45) is 1.36. The maximum absolute atomic E-state index is 12.8. The van der Waals surface area contributed by atoms with Gasteiger partial charge in [0.15, 0.2) is 0 Å². The SMILES string of the molecule is C[C@H]1CCO[C@H](C(=O)N2CCNC(=O)c3ccccc32)C1. The third-order valence-electron chi connectivity index (χ3n) is 4.15. The fraction of sp³-hybridized carbons (Fsp3) is 0.500. The molecule has 112 valence electrons. The van der Waals surface area contributed by atoms with E-state index in [2.05, 4.69) is 12.2 Å². The summed E-state index contributed by atoms with van der Waals surface area (Å²) in [7, 11) is 0. The lowest BCUT2D eigenvalue weighted by Gasteiger charge is -2.31. The second-order valence-corrected chi connectivity index (χ2v) is 5.75. The molecule has 21 heavy (non-hydrogen) atoms. The molecule has 0 radical (unpaired) electrons. The van der Waals surface area contributed by atoms with Gasteiger partial charge in [-0.05, 0) is 30.9 Å². The Bertz CT molecular complexity index is 558. The van der Waals surface area contributed by atoms with Crippen molar-refractivity contribution in [3.63, 3.8) is 0 Å². The number of carbonyl (C=O) groups excluding carboxylic acids is 2. The smallest absolute Gasteiger partial charge is 0.256 e. The highest BCUT2D eigenvalue weighted by molar-refractivity contribution is 6.06. The number of nitrogens with one attached hydrogen (secondary N) is 1. The molecule has 1 N–H and O–H groups in total. The first-order chi connectivity index (χ1) is 10.2. The molecule has 3 rings (SSSR count). The number of hydrogen-bond donors (Lipinski definition) is 1. The quantitative estimate of drug-likeness (QED) is 0.853. The standard InChI is InChI=1S/C16H20N2O3/c1-11-6-9-21-14(10-11)16(20)18-8-7-17-15(19)12-4-2-3-5-13(12)18/h2-5,11,14H,6-10H2,1H3,(H,17,19)/t11-,14-/m0/s1. The lowest BCUT2D eigenvalue weighted by atomic mass is 9.96. The van der Waals surface area contributed by atoms with Gasteiger partial charge in [0.1, 0.15) is 6.10 Å². The average molecular weight is 288 g/mol. The molecule has 1 aromatic carbocycles. The Morgan fingerprint density at radius 2 is 2.19 bits per heavy atom. The van der Waals surface area contributed by atoms with Crippen LogP contribution in [0.2, 0.25) is 0 Å². The van der Waals surface area contributed by atoms with E-state index < -0.39 is 6.10 Å². The molecule has 5 heteroatoms. The number of nitrogens with zero attached hydrogens (tertiary/aromatic N) is 1. The van der Waals surface area contributed by atoms with Gasteiger partial charge >= 0.3 is 0 Å². The third kappa shape index (κ3) is 2.78. The second kappa shape index (κ2) is 5.85. The van der Waals surface area contributed by atoms with Gasteiger partial charge < -0.3 is 15.0 Å². The van der Waals surface area contributed by atoms with E-state index in [0.29, 0.717) is 36.9 Å². The fourth-order valence-corrected chi connectivity index (χ4v) is 2.94. The summed E-state index contributed by atoms with van der Waals surface area (Å²) in [5, 5.41) is 2.82. The molecular weight excluding hydrogens is 268 g/mol. The van der Waals surface area contributed by atoms with Crippen molar-refractivity contribution in [2.45, 2.75) is 25.9 Å². The topological polar surface area (TPSA) is 58.6 Å². The molecule has 0 spiro atoms. The van der Waals surface area contributed by atoms with Crippen LogP contribution in [0.5, 0.6) is 0 Å². The summed E-state index contributed by atoms with van der Waals surface area (Å²) in [4.78, 5) is 26.5. The predicted octanol–water partition coefficient (Wildman–Crippen LogP) is 1.58. The number of anilines is 1. The Morgan fingerprint density at radius 3 is 3.00 bits per heavy atom. The van der Waals surface area contributed by atoms with E-state index in [1.807, 2.05) is 18.2 Å². The minimum Gasteiger partial charge on any atom is -0.368 e. The van der Waals surface area contributed by atoms with Crippen LogP contribution in [0.15, 0.2) is 24.3 Å². The van der Waals surface area contributed by atoms with Crippen LogP contribution in [0.1, 0.15) is 30.1 Å². The molecule has 2 aliphatic rings. The lowest BCUT2D eigenvalue weighted by Crippen LogP contribution is -2.45. The minimum absolute atomic E-state index is 0.0366. The highest BCUT2D eigenvalue weighted by Gasteiger charge is 2.32. The maximum atomic E-state index is 12.8. The molecule has 0 aromatic heterocycles. The Balaban J connectivity index is 1.89. The second-order valence-electron chi connectivity index (χ2n) is 5.75. The first-order valence-corrected chi connectivity index (χ1v) is 7.47. The van der Waals surface area contributed by atoms with Gasteiger partial charge in [-0.15, -0.1) is 0 Å². The molecule has 2 heterocycles. The molecule has 5 nitrogen and oxygen atoms in total. The highest BCUT2D eigenvalue weighted by atomic mass is 16.5. The maximum Gasteiger partial charge on any atom is 0.256 e. The third-order valence-corrected chi connectivity index (χ3v) is 4.15. The number of amides is 2. The molecule has 2 aliphatic heterocycles. The summed E-state index contributed by atoms with van der Waals surface area (Å²) >= 11 is 0. The van der Waals surface area contributed by atoms with E-state index in [0.717, 1.165) is 12.8 Å². The monoisotopic (exact) mass is 288 g/mol. The van der Waals surface area contributed by atoms with Gasteiger partial charge in [-0.3, -0.25) is 9.59 Å². The number of hydrogen-bond acceptors (Lipinski definition) is 3. The molecule has 0 unspecified atom stereocenters. The van der Waals surface area contributed by atoms with Crippen molar-refractivity contribution < 1.29 is 14.3 Å². The average Bonchev–Trinajstić information content (AvgIpc) is 2.66.